The van der Waals surface area contributed by atoms with Crippen molar-refractivity contribution in [3.63, 3.8) is 0 Å². The first-order valence-corrected chi connectivity index (χ1v) is 10.2. The molecule has 1 atom stereocenters. The summed E-state index contributed by atoms with van der Waals surface area (Å²) in [6.07, 6.45) is 2.97. The summed E-state index contributed by atoms with van der Waals surface area (Å²) in [7, 11) is 1.53. The fourth-order valence-electron chi connectivity index (χ4n) is 4.06. The Kier molecular flexibility index (Phi) is 6.08. The number of amides is 2. The van der Waals surface area contributed by atoms with E-state index in [1.807, 2.05) is 4.90 Å². The van der Waals surface area contributed by atoms with Crippen LogP contribution in [0.25, 0.3) is 0 Å². The second-order valence-corrected chi connectivity index (χ2v) is 7.61. The van der Waals surface area contributed by atoms with E-state index in [2.05, 4.69) is 15.3 Å². The molecular formula is C21H23F2N5O3. The van der Waals surface area contributed by atoms with E-state index < -0.39 is 17.7 Å². The Morgan fingerprint density at radius 1 is 1.06 bits per heavy atom. The molecule has 3 heterocycles. The largest absolute Gasteiger partial charge is 0.356 e. The van der Waals surface area contributed by atoms with Gasteiger partial charge in [-0.3, -0.25) is 14.4 Å². The first-order valence-electron chi connectivity index (χ1n) is 10.2. The van der Waals surface area contributed by atoms with E-state index in [0.29, 0.717) is 50.3 Å². The van der Waals surface area contributed by atoms with Crippen LogP contribution in [0.4, 0.5) is 14.6 Å². The minimum absolute atomic E-state index is 0.180. The molecule has 31 heavy (non-hydrogen) atoms. The lowest BCUT2D eigenvalue weighted by molar-refractivity contribution is -0.182. The van der Waals surface area contributed by atoms with Crippen molar-refractivity contribution in [1.29, 1.82) is 0 Å². The summed E-state index contributed by atoms with van der Waals surface area (Å²) in [6.45, 7) is 1.47. The monoisotopic (exact) mass is 431 g/mol. The summed E-state index contributed by atoms with van der Waals surface area (Å²) in [6, 6.07) is 4.41. The molecule has 2 aromatic rings. The Bertz CT molecular complexity index is 961. The van der Waals surface area contributed by atoms with Gasteiger partial charge in [0.25, 0.3) is 5.91 Å². The van der Waals surface area contributed by atoms with Crippen LogP contribution in [0.2, 0.25) is 0 Å². The molecular weight excluding hydrogens is 408 g/mol. The van der Waals surface area contributed by atoms with Gasteiger partial charge in [-0.05, 0) is 30.5 Å². The number of carbonyl (C=O) groups excluding carboxylic acids is 2. The fraction of sp³-hybridized carbons (Fsp3) is 0.429. The molecule has 0 radical (unpaired) electrons. The van der Waals surface area contributed by atoms with Crippen molar-refractivity contribution in [3.05, 3.63) is 53.5 Å². The number of nitrogens with zero attached hydrogens (tertiary/aromatic N) is 4. The van der Waals surface area contributed by atoms with Crippen molar-refractivity contribution in [3.8, 4) is 0 Å². The summed E-state index contributed by atoms with van der Waals surface area (Å²) in [5.41, 5.74) is 0.671. The van der Waals surface area contributed by atoms with E-state index >= 15 is 0 Å². The van der Waals surface area contributed by atoms with Crippen LogP contribution in [-0.4, -0.2) is 53.6 Å². The molecule has 2 amide bonds. The molecule has 0 aliphatic carbocycles. The Morgan fingerprint density at radius 2 is 1.77 bits per heavy atom. The van der Waals surface area contributed by atoms with Crippen molar-refractivity contribution in [1.82, 2.24) is 20.3 Å². The number of hydrogen-bond donors (Lipinski definition) is 1. The lowest BCUT2D eigenvalue weighted by Gasteiger charge is -2.34. The van der Waals surface area contributed by atoms with Gasteiger partial charge in [0.2, 0.25) is 5.91 Å². The van der Waals surface area contributed by atoms with E-state index in [0.717, 1.165) is 6.07 Å². The first-order chi connectivity index (χ1) is 15.0. The average Bonchev–Trinajstić information content (AvgIpc) is 3.27. The van der Waals surface area contributed by atoms with Crippen molar-refractivity contribution < 1.29 is 23.2 Å². The SMILES string of the molecule is CNC(=O)c1cc(N2CCC(C(=O)N3OCC[C@@H]3c3cc(F)cc(F)c3)CC2)ncn1. The molecule has 164 valence electrons. The van der Waals surface area contributed by atoms with Crippen LogP contribution >= 0.6 is 0 Å². The zero-order valence-corrected chi connectivity index (χ0v) is 17.1. The molecule has 8 nitrogen and oxygen atoms in total. The van der Waals surface area contributed by atoms with Gasteiger partial charge in [0.1, 0.15) is 29.5 Å². The minimum Gasteiger partial charge on any atom is -0.356 e. The summed E-state index contributed by atoms with van der Waals surface area (Å²) in [5, 5.41) is 3.81. The average molecular weight is 431 g/mol. The highest BCUT2D eigenvalue weighted by Crippen LogP contribution is 2.34. The van der Waals surface area contributed by atoms with Crippen LogP contribution < -0.4 is 10.2 Å². The summed E-state index contributed by atoms with van der Waals surface area (Å²) in [5.74, 6) is -1.46. The number of piperidine rings is 1. The molecule has 1 aromatic carbocycles. The van der Waals surface area contributed by atoms with Gasteiger partial charge >= 0.3 is 0 Å². The third-order valence-electron chi connectivity index (χ3n) is 5.67. The molecule has 10 heteroatoms. The highest BCUT2D eigenvalue weighted by molar-refractivity contribution is 5.92. The van der Waals surface area contributed by atoms with Crippen molar-refractivity contribution in [2.45, 2.75) is 25.3 Å². The minimum atomic E-state index is -0.677. The quantitative estimate of drug-likeness (QED) is 0.799. The number of halogens is 2. The Balaban J connectivity index is 1.41. The van der Waals surface area contributed by atoms with Crippen LogP contribution in [0.15, 0.2) is 30.6 Å². The predicted molar refractivity (Wildman–Crippen MR) is 107 cm³/mol. The van der Waals surface area contributed by atoms with Crippen molar-refractivity contribution in [2.24, 2.45) is 5.92 Å². The normalized spacial score (nSPS) is 19.5. The molecule has 0 unspecified atom stereocenters. The van der Waals surface area contributed by atoms with Gasteiger partial charge in [-0.1, -0.05) is 0 Å². The molecule has 2 saturated heterocycles. The van der Waals surface area contributed by atoms with Gasteiger partial charge < -0.3 is 10.2 Å². The highest BCUT2D eigenvalue weighted by Gasteiger charge is 2.37. The number of carbonyl (C=O) groups is 2. The van der Waals surface area contributed by atoms with Crippen LogP contribution in [0.1, 0.15) is 41.4 Å². The summed E-state index contributed by atoms with van der Waals surface area (Å²) in [4.78, 5) is 40.6. The maximum atomic E-state index is 13.6. The van der Waals surface area contributed by atoms with Crippen LogP contribution in [0, 0.1) is 17.6 Å². The van der Waals surface area contributed by atoms with E-state index in [-0.39, 0.29) is 23.4 Å². The molecule has 2 aliphatic heterocycles. The number of hydroxylamine groups is 2. The third kappa shape index (κ3) is 4.48. The van der Waals surface area contributed by atoms with Crippen LogP contribution in [0.5, 0.6) is 0 Å². The molecule has 0 bridgehead atoms. The van der Waals surface area contributed by atoms with Gasteiger partial charge in [0.05, 0.1) is 12.6 Å². The van der Waals surface area contributed by atoms with E-state index in [9.17, 15) is 18.4 Å². The second-order valence-electron chi connectivity index (χ2n) is 7.61. The number of nitrogens with one attached hydrogen (secondary N) is 1. The molecule has 1 aromatic heterocycles. The molecule has 4 rings (SSSR count). The maximum absolute atomic E-state index is 13.6. The lowest BCUT2D eigenvalue weighted by atomic mass is 9.94. The van der Waals surface area contributed by atoms with Gasteiger partial charge in [0.15, 0.2) is 0 Å². The van der Waals surface area contributed by atoms with Gasteiger partial charge in [-0.15, -0.1) is 0 Å². The maximum Gasteiger partial charge on any atom is 0.269 e. The topological polar surface area (TPSA) is 87.7 Å². The number of hydrogen-bond acceptors (Lipinski definition) is 6. The van der Waals surface area contributed by atoms with Gasteiger partial charge in [0, 0.05) is 44.6 Å². The molecule has 0 spiro atoms. The van der Waals surface area contributed by atoms with Crippen LogP contribution in [0.3, 0.4) is 0 Å². The van der Waals surface area contributed by atoms with Gasteiger partial charge in [-0.2, -0.15) is 0 Å². The number of aromatic nitrogens is 2. The number of rotatable bonds is 4. The van der Waals surface area contributed by atoms with Crippen molar-refractivity contribution in [2.75, 3.05) is 31.6 Å². The standard InChI is InChI=1S/C21H23F2N5O3/c1-24-20(29)17-11-19(26-12-25-17)27-5-2-13(3-6-27)21(30)28-18(4-7-31-28)14-8-15(22)10-16(23)9-14/h8-13,18H,2-7H2,1H3,(H,24,29)/t18-/m1/s1. The van der Waals surface area contributed by atoms with Crippen molar-refractivity contribution >= 4 is 17.6 Å². The zero-order valence-electron chi connectivity index (χ0n) is 17.1. The fourth-order valence-corrected chi connectivity index (χ4v) is 4.06. The smallest absolute Gasteiger partial charge is 0.269 e. The Hall–Kier alpha value is -3.14. The summed E-state index contributed by atoms with van der Waals surface area (Å²) >= 11 is 0. The molecule has 0 saturated carbocycles. The van der Waals surface area contributed by atoms with Gasteiger partial charge in [-0.25, -0.2) is 23.8 Å². The predicted octanol–water partition coefficient (Wildman–Crippen LogP) is 2.24. The zero-order chi connectivity index (χ0) is 22.0. The number of benzene rings is 1. The van der Waals surface area contributed by atoms with E-state index in [1.165, 1.54) is 30.6 Å². The van der Waals surface area contributed by atoms with E-state index in [4.69, 9.17) is 4.84 Å². The van der Waals surface area contributed by atoms with E-state index in [1.54, 1.807) is 6.07 Å². The Morgan fingerprint density at radius 3 is 2.45 bits per heavy atom. The molecule has 2 aliphatic rings. The third-order valence-corrected chi connectivity index (χ3v) is 5.67. The highest BCUT2D eigenvalue weighted by atomic mass is 19.1. The second kappa shape index (κ2) is 8.93. The number of anilines is 1. The first kappa shape index (κ1) is 21.1. The lowest BCUT2D eigenvalue weighted by Crippen LogP contribution is -2.42. The van der Waals surface area contributed by atoms with Crippen LogP contribution in [-0.2, 0) is 9.63 Å². The molecule has 2 fully saturated rings. The summed E-state index contributed by atoms with van der Waals surface area (Å²) < 4.78 is 27.3. The molecule has 1 N–H and O–H groups in total. The Labute approximate surface area is 178 Å².